The van der Waals surface area contributed by atoms with Crippen molar-refractivity contribution in [3.63, 3.8) is 0 Å². The summed E-state index contributed by atoms with van der Waals surface area (Å²) in [6.45, 7) is 0. The molecule has 0 aromatic heterocycles. The molecule has 1 aromatic carbocycles. The third-order valence-corrected chi connectivity index (χ3v) is 4.04. The SMILES string of the molecule is CNC(Cc1ccc(Br)cc1F)C1CCC1. The standard InChI is InChI=1S/C13H17BrFN/c1-16-13(9-3-2-4-9)7-10-5-6-11(14)8-12(10)15/h5-6,8-9,13,16H,2-4,7H2,1H3. The summed E-state index contributed by atoms with van der Waals surface area (Å²) in [5.41, 5.74) is 0.814. The highest BCUT2D eigenvalue weighted by Gasteiger charge is 2.26. The third-order valence-electron chi connectivity index (χ3n) is 3.54. The average molecular weight is 286 g/mol. The van der Waals surface area contributed by atoms with E-state index in [-0.39, 0.29) is 5.82 Å². The van der Waals surface area contributed by atoms with Crippen molar-refractivity contribution in [3.8, 4) is 0 Å². The molecule has 16 heavy (non-hydrogen) atoms. The zero-order chi connectivity index (χ0) is 11.5. The van der Waals surface area contributed by atoms with Crippen LogP contribution in [0.2, 0.25) is 0 Å². The van der Waals surface area contributed by atoms with Crippen LogP contribution in [0.3, 0.4) is 0 Å². The van der Waals surface area contributed by atoms with E-state index in [1.165, 1.54) is 19.3 Å². The molecule has 1 aliphatic carbocycles. The Morgan fingerprint density at radius 1 is 1.50 bits per heavy atom. The van der Waals surface area contributed by atoms with Crippen molar-refractivity contribution >= 4 is 15.9 Å². The molecule has 1 unspecified atom stereocenters. The maximum absolute atomic E-state index is 13.7. The molecule has 1 nitrogen and oxygen atoms in total. The molecule has 0 bridgehead atoms. The number of nitrogens with one attached hydrogen (secondary N) is 1. The number of hydrogen-bond acceptors (Lipinski definition) is 1. The van der Waals surface area contributed by atoms with Crippen LogP contribution in [-0.4, -0.2) is 13.1 Å². The van der Waals surface area contributed by atoms with Gasteiger partial charge in [0.25, 0.3) is 0 Å². The molecule has 0 spiro atoms. The van der Waals surface area contributed by atoms with Crippen LogP contribution in [0.1, 0.15) is 24.8 Å². The molecule has 0 saturated heterocycles. The van der Waals surface area contributed by atoms with Crippen molar-refractivity contribution in [2.45, 2.75) is 31.7 Å². The van der Waals surface area contributed by atoms with Crippen molar-refractivity contribution in [2.24, 2.45) is 5.92 Å². The first-order valence-electron chi connectivity index (χ1n) is 5.82. The van der Waals surface area contributed by atoms with E-state index in [0.717, 1.165) is 22.4 Å². The van der Waals surface area contributed by atoms with Crippen LogP contribution < -0.4 is 5.32 Å². The largest absolute Gasteiger partial charge is 0.316 e. The fourth-order valence-electron chi connectivity index (χ4n) is 2.27. The second kappa shape index (κ2) is 5.28. The number of hydrogen-bond donors (Lipinski definition) is 1. The van der Waals surface area contributed by atoms with Gasteiger partial charge in [0.1, 0.15) is 5.82 Å². The number of benzene rings is 1. The van der Waals surface area contributed by atoms with Crippen molar-refractivity contribution in [1.82, 2.24) is 5.32 Å². The summed E-state index contributed by atoms with van der Waals surface area (Å²) in [5, 5.41) is 3.32. The molecule has 1 N–H and O–H groups in total. The van der Waals surface area contributed by atoms with Crippen LogP contribution in [0.15, 0.2) is 22.7 Å². The first-order valence-corrected chi connectivity index (χ1v) is 6.61. The second-order valence-electron chi connectivity index (χ2n) is 4.53. The summed E-state index contributed by atoms with van der Waals surface area (Å²) in [7, 11) is 1.97. The number of halogens is 2. The van der Waals surface area contributed by atoms with E-state index in [1.807, 2.05) is 19.2 Å². The zero-order valence-electron chi connectivity index (χ0n) is 9.47. The number of likely N-dealkylation sites (N-methyl/N-ethyl adjacent to an activating group) is 1. The van der Waals surface area contributed by atoms with Gasteiger partial charge in [0, 0.05) is 10.5 Å². The van der Waals surface area contributed by atoms with E-state index >= 15 is 0 Å². The Morgan fingerprint density at radius 2 is 2.25 bits per heavy atom. The molecular weight excluding hydrogens is 269 g/mol. The lowest BCUT2D eigenvalue weighted by Crippen LogP contribution is -2.39. The van der Waals surface area contributed by atoms with Gasteiger partial charge in [0.15, 0.2) is 0 Å². The quantitative estimate of drug-likeness (QED) is 0.893. The van der Waals surface area contributed by atoms with Gasteiger partial charge in [-0.25, -0.2) is 4.39 Å². The molecule has 0 radical (unpaired) electrons. The van der Waals surface area contributed by atoms with Crippen LogP contribution in [0, 0.1) is 11.7 Å². The van der Waals surface area contributed by atoms with Gasteiger partial charge in [-0.2, -0.15) is 0 Å². The highest BCUT2D eigenvalue weighted by Crippen LogP contribution is 2.31. The second-order valence-corrected chi connectivity index (χ2v) is 5.44. The minimum absolute atomic E-state index is 0.103. The highest BCUT2D eigenvalue weighted by atomic mass is 79.9. The van der Waals surface area contributed by atoms with Gasteiger partial charge in [-0.3, -0.25) is 0 Å². The Morgan fingerprint density at radius 3 is 2.75 bits per heavy atom. The normalized spacial score (nSPS) is 18.2. The zero-order valence-corrected chi connectivity index (χ0v) is 11.1. The predicted octanol–water partition coefficient (Wildman–Crippen LogP) is 3.52. The van der Waals surface area contributed by atoms with Crippen molar-refractivity contribution in [2.75, 3.05) is 7.05 Å². The van der Waals surface area contributed by atoms with Crippen LogP contribution in [0.25, 0.3) is 0 Å². The molecule has 1 fully saturated rings. The van der Waals surface area contributed by atoms with E-state index < -0.39 is 0 Å². The van der Waals surface area contributed by atoms with Crippen molar-refractivity contribution in [3.05, 3.63) is 34.1 Å². The Labute approximate surface area is 105 Å². The molecule has 0 heterocycles. The summed E-state index contributed by atoms with van der Waals surface area (Å²) in [6, 6.07) is 5.75. The average Bonchev–Trinajstić information content (AvgIpc) is 2.18. The summed E-state index contributed by atoms with van der Waals surface area (Å²) < 4.78 is 14.5. The van der Waals surface area contributed by atoms with Crippen LogP contribution in [-0.2, 0) is 6.42 Å². The molecule has 3 heteroatoms. The van der Waals surface area contributed by atoms with Crippen molar-refractivity contribution < 1.29 is 4.39 Å². The van der Waals surface area contributed by atoms with E-state index in [2.05, 4.69) is 21.2 Å². The van der Waals surface area contributed by atoms with Gasteiger partial charge >= 0.3 is 0 Å². The lowest BCUT2D eigenvalue weighted by molar-refractivity contribution is 0.234. The smallest absolute Gasteiger partial charge is 0.127 e. The summed E-state index contributed by atoms with van der Waals surface area (Å²) in [5.74, 6) is 0.627. The molecule has 88 valence electrons. The maximum Gasteiger partial charge on any atom is 0.127 e. The predicted molar refractivity (Wildman–Crippen MR) is 68.0 cm³/mol. The molecule has 1 saturated carbocycles. The lowest BCUT2D eigenvalue weighted by Gasteiger charge is -2.33. The minimum Gasteiger partial charge on any atom is -0.316 e. The van der Waals surface area contributed by atoms with E-state index in [1.54, 1.807) is 6.07 Å². The van der Waals surface area contributed by atoms with Crippen LogP contribution in [0.4, 0.5) is 4.39 Å². The number of rotatable bonds is 4. The molecule has 0 amide bonds. The van der Waals surface area contributed by atoms with Gasteiger partial charge < -0.3 is 5.32 Å². The minimum atomic E-state index is -0.103. The third kappa shape index (κ3) is 2.64. The summed E-state index contributed by atoms with van der Waals surface area (Å²) in [4.78, 5) is 0. The van der Waals surface area contributed by atoms with E-state index in [4.69, 9.17) is 0 Å². The first-order chi connectivity index (χ1) is 7.70. The Bertz CT molecular complexity index is 363. The monoisotopic (exact) mass is 285 g/mol. The molecule has 1 atom stereocenters. The van der Waals surface area contributed by atoms with Gasteiger partial charge in [-0.15, -0.1) is 0 Å². The molecule has 1 aromatic rings. The highest BCUT2D eigenvalue weighted by molar-refractivity contribution is 9.10. The van der Waals surface area contributed by atoms with Gasteiger partial charge in [0.2, 0.25) is 0 Å². The van der Waals surface area contributed by atoms with Gasteiger partial charge in [-0.05, 0) is 49.9 Å². The van der Waals surface area contributed by atoms with Crippen molar-refractivity contribution in [1.29, 1.82) is 0 Å². The van der Waals surface area contributed by atoms with Gasteiger partial charge in [-0.1, -0.05) is 28.4 Å². The Kier molecular flexibility index (Phi) is 3.98. The topological polar surface area (TPSA) is 12.0 Å². The first kappa shape index (κ1) is 12.1. The molecule has 0 aliphatic heterocycles. The molecular formula is C13H17BrFN. The van der Waals surface area contributed by atoms with Crippen LogP contribution in [0.5, 0.6) is 0 Å². The summed E-state index contributed by atoms with van der Waals surface area (Å²) in [6.07, 6.45) is 4.68. The fourth-order valence-corrected chi connectivity index (χ4v) is 2.60. The fraction of sp³-hybridized carbons (Fsp3) is 0.538. The summed E-state index contributed by atoms with van der Waals surface area (Å²) >= 11 is 3.28. The van der Waals surface area contributed by atoms with Crippen LogP contribution >= 0.6 is 15.9 Å². The maximum atomic E-state index is 13.7. The molecule has 1 aliphatic rings. The molecule has 2 rings (SSSR count). The Hall–Kier alpha value is -0.410. The van der Waals surface area contributed by atoms with E-state index in [0.29, 0.717) is 6.04 Å². The van der Waals surface area contributed by atoms with Gasteiger partial charge in [0.05, 0.1) is 0 Å². The van der Waals surface area contributed by atoms with E-state index in [9.17, 15) is 4.39 Å². The Balaban J connectivity index is 2.06. The lowest BCUT2D eigenvalue weighted by atomic mass is 9.77.